The number of carboxylic acids is 3. The van der Waals surface area contributed by atoms with Crippen LogP contribution >= 0.6 is 0 Å². The number of carbonyl (C=O) groups is 3. The summed E-state index contributed by atoms with van der Waals surface area (Å²) in [7, 11) is 0.825. The molecule has 0 rings (SSSR count). The molecule has 76 valence electrons. The number of hydrogen-bond acceptors (Lipinski definition) is 4. The summed E-state index contributed by atoms with van der Waals surface area (Å²) in [6.45, 7) is 0. The first kappa shape index (κ1) is 15.8. The van der Waals surface area contributed by atoms with E-state index >= 15 is 0 Å². The standard InChI is InChI=1S/C6H8O7.Na.H/c1-13-6(4(9)10,5(11)12)2-3(7)8;;/h2H2,1H3,(H,7,8)(H,9,10)(H,11,12);;. The normalized spacial score (nSPS) is 10.1. The number of carboxylic acid groups (broad SMARTS) is 3. The second-order valence-electron chi connectivity index (χ2n) is 2.21. The van der Waals surface area contributed by atoms with E-state index in [4.69, 9.17) is 15.3 Å². The van der Waals surface area contributed by atoms with E-state index in [2.05, 4.69) is 4.74 Å². The quantitative estimate of drug-likeness (QED) is 0.372. The van der Waals surface area contributed by atoms with Crippen molar-refractivity contribution in [3.8, 4) is 0 Å². The van der Waals surface area contributed by atoms with Crippen molar-refractivity contribution in [2.45, 2.75) is 12.0 Å². The van der Waals surface area contributed by atoms with Gasteiger partial charge in [-0.25, -0.2) is 9.59 Å². The van der Waals surface area contributed by atoms with Crippen molar-refractivity contribution >= 4 is 47.5 Å². The molecule has 0 spiro atoms. The van der Waals surface area contributed by atoms with E-state index in [1.165, 1.54) is 0 Å². The molecule has 0 unspecified atom stereocenters. The van der Waals surface area contributed by atoms with Crippen molar-refractivity contribution in [2.24, 2.45) is 0 Å². The van der Waals surface area contributed by atoms with Gasteiger partial charge in [-0.2, -0.15) is 0 Å². The van der Waals surface area contributed by atoms with Crippen molar-refractivity contribution in [1.29, 1.82) is 0 Å². The van der Waals surface area contributed by atoms with Crippen LogP contribution in [0.5, 0.6) is 0 Å². The monoisotopic (exact) mass is 216 g/mol. The van der Waals surface area contributed by atoms with Gasteiger partial charge >= 0.3 is 47.5 Å². The Hall–Kier alpha value is -0.630. The molecule has 0 atom stereocenters. The Balaban J connectivity index is 0. The molecule has 0 fully saturated rings. The molecule has 0 aliphatic carbocycles. The number of methoxy groups -OCH3 is 1. The number of aliphatic carboxylic acids is 3. The van der Waals surface area contributed by atoms with Crippen LogP contribution in [0.3, 0.4) is 0 Å². The van der Waals surface area contributed by atoms with Gasteiger partial charge in [-0.05, 0) is 0 Å². The Bertz CT molecular complexity index is 235. The van der Waals surface area contributed by atoms with Gasteiger partial charge in [0.2, 0.25) is 0 Å². The van der Waals surface area contributed by atoms with Gasteiger partial charge in [-0.3, -0.25) is 4.79 Å². The van der Waals surface area contributed by atoms with Crippen molar-refractivity contribution in [3.63, 3.8) is 0 Å². The summed E-state index contributed by atoms with van der Waals surface area (Å²) >= 11 is 0. The topological polar surface area (TPSA) is 121 Å². The van der Waals surface area contributed by atoms with Crippen LogP contribution in [0, 0.1) is 0 Å². The first-order valence-electron chi connectivity index (χ1n) is 3.10. The van der Waals surface area contributed by atoms with E-state index < -0.39 is 29.9 Å². The average molecular weight is 216 g/mol. The Kier molecular flexibility index (Phi) is 6.75. The maximum atomic E-state index is 10.5. The summed E-state index contributed by atoms with van der Waals surface area (Å²) in [6.07, 6.45) is -1.13. The predicted molar refractivity (Wildman–Crippen MR) is 44.4 cm³/mol. The average Bonchev–Trinajstić information content (AvgIpc) is 1.98. The van der Waals surface area contributed by atoms with Crippen molar-refractivity contribution in [3.05, 3.63) is 0 Å². The molecule has 0 radical (unpaired) electrons. The van der Waals surface area contributed by atoms with Gasteiger partial charge in [-0.1, -0.05) is 0 Å². The molecule has 0 aromatic carbocycles. The molecule has 0 amide bonds. The van der Waals surface area contributed by atoms with Crippen LogP contribution in [0.25, 0.3) is 0 Å². The molecule has 0 aromatic heterocycles. The van der Waals surface area contributed by atoms with Crippen LogP contribution in [0.15, 0.2) is 0 Å². The molecule has 14 heavy (non-hydrogen) atoms. The van der Waals surface area contributed by atoms with E-state index in [-0.39, 0.29) is 29.6 Å². The van der Waals surface area contributed by atoms with E-state index in [1.807, 2.05) is 0 Å². The fraction of sp³-hybridized carbons (Fsp3) is 0.500. The minimum atomic E-state index is -2.70. The van der Waals surface area contributed by atoms with Crippen LogP contribution in [0.2, 0.25) is 0 Å². The molecule has 3 N–H and O–H groups in total. The van der Waals surface area contributed by atoms with E-state index in [9.17, 15) is 14.4 Å². The van der Waals surface area contributed by atoms with Gasteiger partial charge < -0.3 is 20.1 Å². The molecule has 0 saturated carbocycles. The van der Waals surface area contributed by atoms with Crippen molar-refractivity contribution in [1.82, 2.24) is 0 Å². The second kappa shape index (κ2) is 5.97. The predicted octanol–water partition coefficient (Wildman–Crippen LogP) is -1.63. The molecule has 0 bridgehead atoms. The van der Waals surface area contributed by atoms with Crippen LogP contribution in [0.4, 0.5) is 0 Å². The zero-order chi connectivity index (χ0) is 10.6. The van der Waals surface area contributed by atoms with Gasteiger partial charge in [0.15, 0.2) is 0 Å². The summed E-state index contributed by atoms with van der Waals surface area (Å²) in [5.74, 6) is -5.25. The number of hydrogen-bond donors (Lipinski definition) is 3. The third-order valence-electron chi connectivity index (χ3n) is 1.44. The third-order valence-corrected chi connectivity index (χ3v) is 1.44. The van der Waals surface area contributed by atoms with Gasteiger partial charge in [0.25, 0.3) is 5.60 Å². The molecule has 7 nitrogen and oxygen atoms in total. The summed E-state index contributed by atoms with van der Waals surface area (Å²) in [5.41, 5.74) is -2.70. The van der Waals surface area contributed by atoms with Crippen LogP contribution in [0.1, 0.15) is 6.42 Å². The second-order valence-corrected chi connectivity index (χ2v) is 2.21. The Morgan fingerprint density at radius 3 is 1.57 bits per heavy atom. The number of rotatable bonds is 5. The summed E-state index contributed by atoms with van der Waals surface area (Å²) in [6, 6.07) is 0. The van der Waals surface area contributed by atoms with E-state index in [0.29, 0.717) is 0 Å². The third kappa shape index (κ3) is 3.26. The summed E-state index contributed by atoms with van der Waals surface area (Å²) in [5, 5.41) is 25.2. The van der Waals surface area contributed by atoms with Crippen LogP contribution < -0.4 is 0 Å². The Labute approximate surface area is 101 Å². The van der Waals surface area contributed by atoms with Gasteiger partial charge in [-0.15, -0.1) is 0 Å². The summed E-state index contributed by atoms with van der Waals surface area (Å²) < 4.78 is 4.19. The maximum absolute atomic E-state index is 10.5. The van der Waals surface area contributed by atoms with E-state index in [0.717, 1.165) is 7.11 Å². The minimum absolute atomic E-state index is 0. The first-order chi connectivity index (χ1) is 5.86. The van der Waals surface area contributed by atoms with Crippen molar-refractivity contribution in [2.75, 3.05) is 7.11 Å². The molecular formula is C6H9NaO7. The zero-order valence-electron chi connectivity index (χ0n) is 6.68. The molecule has 0 heterocycles. The SMILES string of the molecule is COC(CC(=O)O)(C(=O)O)C(=O)O.[NaH]. The Morgan fingerprint density at radius 2 is 1.50 bits per heavy atom. The Morgan fingerprint density at radius 1 is 1.14 bits per heavy atom. The molecular weight excluding hydrogens is 207 g/mol. The fourth-order valence-electron chi connectivity index (χ4n) is 0.702. The van der Waals surface area contributed by atoms with Gasteiger partial charge in [0, 0.05) is 7.11 Å². The van der Waals surface area contributed by atoms with E-state index in [1.54, 1.807) is 0 Å². The molecule has 0 saturated heterocycles. The van der Waals surface area contributed by atoms with Crippen LogP contribution in [-0.2, 0) is 19.1 Å². The summed E-state index contributed by atoms with van der Waals surface area (Å²) in [4.78, 5) is 31.1. The van der Waals surface area contributed by atoms with Gasteiger partial charge in [0.05, 0.1) is 6.42 Å². The molecule has 0 aliphatic heterocycles. The first-order valence-corrected chi connectivity index (χ1v) is 3.10. The zero-order valence-corrected chi connectivity index (χ0v) is 6.68. The van der Waals surface area contributed by atoms with Gasteiger partial charge in [0.1, 0.15) is 0 Å². The van der Waals surface area contributed by atoms with Crippen LogP contribution in [-0.4, -0.2) is 75.5 Å². The molecule has 8 heteroatoms. The van der Waals surface area contributed by atoms with Crippen molar-refractivity contribution < 1.29 is 34.4 Å². The molecule has 0 aromatic rings. The fourth-order valence-corrected chi connectivity index (χ4v) is 0.702. The number of ether oxygens (including phenoxy) is 1. The molecule has 0 aliphatic rings.